The minimum Gasteiger partial charge on any atom is -0.340 e. The zero-order valence-corrected chi connectivity index (χ0v) is 14.0. The van der Waals surface area contributed by atoms with Crippen molar-refractivity contribution in [2.75, 3.05) is 5.32 Å². The van der Waals surface area contributed by atoms with Gasteiger partial charge in [-0.25, -0.2) is 9.97 Å². The fourth-order valence-corrected chi connectivity index (χ4v) is 4.46. The number of aryl methyl sites for hydroxylation is 3. The van der Waals surface area contributed by atoms with Crippen molar-refractivity contribution < 1.29 is 4.92 Å². The van der Waals surface area contributed by atoms with Crippen LogP contribution in [0.3, 0.4) is 0 Å². The van der Waals surface area contributed by atoms with E-state index in [1.807, 2.05) is 6.92 Å². The molecule has 0 unspecified atom stereocenters. The maximum atomic E-state index is 10.8. The van der Waals surface area contributed by atoms with Gasteiger partial charge in [0.1, 0.15) is 16.5 Å². The molecule has 0 spiro atoms. The summed E-state index contributed by atoms with van der Waals surface area (Å²) in [4.78, 5) is 22.0. The number of hydrogen-bond donors (Lipinski definition) is 1. The van der Waals surface area contributed by atoms with Gasteiger partial charge in [-0.3, -0.25) is 10.1 Å². The van der Waals surface area contributed by atoms with Gasteiger partial charge < -0.3 is 5.32 Å². The maximum Gasteiger partial charge on any atom is 0.269 e. The summed E-state index contributed by atoms with van der Waals surface area (Å²) < 4.78 is 0. The summed E-state index contributed by atoms with van der Waals surface area (Å²) in [5.41, 5.74) is 2.24. The second-order valence-electron chi connectivity index (χ2n) is 5.94. The van der Waals surface area contributed by atoms with Crippen molar-refractivity contribution in [2.24, 2.45) is 0 Å². The highest BCUT2D eigenvalue weighted by Crippen LogP contribution is 2.39. The first-order valence-corrected chi connectivity index (χ1v) is 8.74. The number of thiophene rings is 1. The Morgan fingerprint density at radius 1 is 1.17 bits per heavy atom. The molecule has 3 aromatic rings. The number of benzene rings is 1. The number of anilines is 2. The minimum absolute atomic E-state index is 0.0810. The van der Waals surface area contributed by atoms with E-state index in [9.17, 15) is 10.1 Å². The molecule has 122 valence electrons. The number of non-ortho nitro benzene ring substituents is 1. The van der Waals surface area contributed by atoms with Crippen LogP contribution in [0.1, 0.15) is 29.1 Å². The number of fused-ring (bicyclic) bond motifs is 3. The van der Waals surface area contributed by atoms with Crippen LogP contribution in [0.25, 0.3) is 10.2 Å². The van der Waals surface area contributed by atoms with E-state index in [0.29, 0.717) is 0 Å². The molecule has 1 N–H and O–H groups in total. The summed E-state index contributed by atoms with van der Waals surface area (Å²) in [6, 6.07) is 6.41. The second-order valence-corrected chi connectivity index (χ2v) is 7.02. The van der Waals surface area contributed by atoms with Crippen molar-refractivity contribution in [3.05, 3.63) is 50.6 Å². The molecule has 0 bridgehead atoms. The molecule has 1 aliphatic carbocycles. The van der Waals surface area contributed by atoms with Crippen LogP contribution in [0.2, 0.25) is 0 Å². The first-order valence-electron chi connectivity index (χ1n) is 7.92. The van der Waals surface area contributed by atoms with Gasteiger partial charge in [-0.15, -0.1) is 11.3 Å². The standard InChI is InChI=1S/C17H16N4O2S/c1-10-18-16(20-11-6-8-12(9-7-11)21(22)23)15-13-4-2-3-5-14(13)24-17(15)19-10/h6-9H,2-5H2,1H3,(H,18,19,20). The quantitative estimate of drug-likeness (QED) is 0.559. The average Bonchev–Trinajstić information content (AvgIpc) is 2.93. The van der Waals surface area contributed by atoms with Gasteiger partial charge in [0.25, 0.3) is 5.69 Å². The number of nitrogens with zero attached hydrogens (tertiary/aromatic N) is 3. The molecule has 0 atom stereocenters. The normalized spacial score (nSPS) is 13.7. The van der Waals surface area contributed by atoms with Crippen molar-refractivity contribution in [2.45, 2.75) is 32.6 Å². The molecule has 0 amide bonds. The van der Waals surface area contributed by atoms with E-state index in [0.717, 1.165) is 40.4 Å². The van der Waals surface area contributed by atoms with Crippen molar-refractivity contribution in [1.82, 2.24) is 9.97 Å². The Kier molecular flexibility index (Phi) is 3.65. The molecule has 0 radical (unpaired) electrons. The van der Waals surface area contributed by atoms with Gasteiger partial charge in [-0.2, -0.15) is 0 Å². The van der Waals surface area contributed by atoms with Gasteiger partial charge in [0.2, 0.25) is 0 Å². The van der Waals surface area contributed by atoms with Crippen LogP contribution in [-0.4, -0.2) is 14.9 Å². The summed E-state index contributed by atoms with van der Waals surface area (Å²) in [5.74, 6) is 1.52. The summed E-state index contributed by atoms with van der Waals surface area (Å²) in [6.07, 6.45) is 4.62. The smallest absolute Gasteiger partial charge is 0.269 e. The third-order valence-corrected chi connectivity index (χ3v) is 5.45. The topological polar surface area (TPSA) is 81.0 Å². The largest absolute Gasteiger partial charge is 0.340 e. The molecule has 0 fully saturated rings. The third-order valence-electron chi connectivity index (χ3n) is 4.27. The molecule has 0 saturated heterocycles. The molecule has 7 heteroatoms. The Balaban J connectivity index is 1.78. The SMILES string of the molecule is Cc1nc(Nc2ccc([N+](=O)[O-])cc2)c2c3c(sc2n1)CCCC3. The lowest BCUT2D eigenvalue weighted by atomic mass is 9.97. The first kappa shape index (κ1) is 15.0. The molecular formula is C17H16N4O2S. The Hall–Kier alpha value is -2.54. The summed E-state index contributed by atoms with van der Waals surface area (Å²) in [7, 11) is 0. The van der Waals surface area contributed by atoms with Crippen LogP contribution in [0.15, 0.2) is 24.3 Å². The van der Waals surface area contributed by atoms with Crippen LogP contribution < -0.4 is 5.32 Å². The number of nitrogens with one attached hydrogen (secondary N) is 1. The predicted octanol–water partition coefficient (Wildman–Crippen LogP) is 4.53. The van der Waals surface area contributed by atoms with E-state index in [1.54, 1.807) is 23.5 Å². The molecule has 0 saturated carbocycles. The van der Waals surface area contributed by atoms with Gasteiger partial charge in [-0.05, 0) is 50.3 Å². The third kappa shape index (κ3) is 2.60. The number of hydrogen-bond acceptors (Lipinski definition) is 6. The Morgan fingerprint density at radius 2 is 1.92 bits per heavy atom. The number of aromatic nitrogens is 2. The molecule has 6 nitrogen and oxygen atoms in total. The number of nitro groups is 1. The second kappa shape index (κ2) is 5.83. The Bertz CT molecular complexity index is 934. The Morgan fingerprint density at radius 3 is 2.67 bits per heavy atom. The van der Waals surface area contributed by atoms with Crippen molar-refractivity contribution in [3.63, 3.8) is 0 Å². The van der Waals surface area contributed by atoms with Crippen LogP contribution in [0.4, 0.5) is 17.2 Å². The van der Waals surface area contributed by atoms with Crippen LogP contribution >= 0.6 is 11.3 Å². The predicted molar refractivity (Wildman–Crippen MR) is 95.2 cm³/mol. The minimum atomic E-state index is -0.397. The van der Waals surface area contributed by atoms with Crippen molar-refractivity contribution >= 4 is 38.7 Å². The zero-order chi connectivity index (χ0) is 16.7. The summed E-state index contributed by atoms with van der Waals surface area (Å²) >= 11 is 1.76. The highest BCUT2D eigenvalue weighted by Gasteiger charge is 2.20. The van der Waals surface area contributed by atoms with Gasteiger partial charge in [0.15, 0.2) is 0 Å². The van der Waals surface area contributed by atoms with Gasteiger partial charge in [-0.1, -0.05) is 0 Å². The van der Waals surface area contributed by atoms with E-state index < -0.39 is 4.92 Å². The highest BCUT2D eigenvalue weighted by atomic mass is 32.1. The van der Waals surface area contributed by atoms with E-state index in [-0.39, 0.29) is 5.69 Å². The molecule has 4 rings (SSSR count). The van der Waals surface area contributed by atoms with Crippen molar-refractivity contribution in [3.8, 4) is 0 Å². The van der Waals surface area contributed by atoms with E-state index in [4.69, 9.17) is 0 Å². The summed E-state index contributed by atoms with van der Waals surface area (Å²) in [6.45, 7) is 1.89. The highest BCUT2D eigenvalue weighted by molar-refractivity contribution is 7.19. The molecule has 24 heavy (non-hydrogen) atoms. The first-order chi connectivity index (χ1) is 11.6. The van der Waals surface area contributed by atoms with Crippen LogP contribution in [0.5, 0.6) is 0 Å². The van der Waals surface area contributed by atoms with E-state index in [1.165, 1.54) is 35.4 Å². The number of rotatable bonds is 3. The zero-order valence-electron chi connectivity index (χ0n) is 13.2. The van der Waals surface area contributed by atoms with E-state index >= 15 is 0 Å². The van der Waals surface area contributed by atoms with Gasteiger partial charge in [0.05, 0.1) is 10.3 Å². The monoisotopic (exact) mass is 340 g/mol. The van der Waals surface area contributed by atoms with Crippen molar-refractivity contribution in [1.29, 1.82) is 0 Å². The van der Waals surface area contributed by atoms with Gasteiger partial charge >= 0.3 is 0 Å². The van der Waals surface area contributed by atoms with Crippen LogP contribution in [0, 0.1) is 17.0 Å². The molecular weight excluding hydrogens is 324 g/mol. The molecule has 1 aliphatic rings. The van der Waals surface area contributed by atoms with E-state index in [2.05, 4.69) is 15.3 Å². The molecule has 1 aromatic carbocycles. The lowest BCUT2D eigenvalue weighted by molar-refractivity contribution is -0.384. The fraction of sp³-hybridized carbons (Fsp3) is 0.294. The molecule has 2 aromatic heterocycles. The number of nitro benzene ring substituents is 1. The fourth-order valence-electron chi connectivity index (χ4n) is 3.16. The molecule has 0 aliphatic heterocycles. The lowest BCUT2D eigenvalue weighted by Crippen LogP contribution is -2.02. The van der Waals surface area contributed by atoms with Gasteiger partial charge in [0, 0.05) is 22.7 Å². The average molecular weight is 340 g/mol. The Labute approximate surface area is 142 Å². The molecule has 2 heterocycles. The maximum absolute atomic E-state index is 10.8. The summed E-state index contributed by atoms with van der Waals surface area (Å²) in [5, 5.41) is 15.2. The van der Waals surface area contributed by atoms with Crippen LogP contribution in [-0.2, 0) is 12.8 Å². The lowest BCUT2D eigenvalue weighted by Gasteiger charge is -2.13.